The molecule has 5 atom stereocenters. The summed E-state index contributed by atoms with van der Waals surface area (Å²) in [5.74, 6) is -5.46. The van der Waals surface area contributed by atoms with Crippen LogP contribution < -0.4 is 16.4 Å². The molecule has 0 aromatic carbocycles. The number of carboxylic acids is 2. The summed E-state index contributed by atoms with van der Waals surface area (Å²) in [4.78, 5) is 60.3. The summed E-state index contributed by atoms with van der Waals surface area (Å²) in [6.45, 7) is 0.484. The molecule has 0 radical (unpaired) electrons. The number of amides is 3. The van der Waals surface area contributed by atoms with E-state index in [1.807, 2.05) is 0 Å². The zero-order valence-corrected chi connectivity index (χ0v) is 15.8. The molecule has 1 rings (SSSR count). The summed E-state index contributed by atoms with van der Waals surface area (Å²) in [7, 11) is 0. The van der Waals surface area contributed by atoms with Gasteiger partial charge in [-0.1, -0.05) is 0 Å². The third-order valence-electron chi connectivity index (χ3n) is 4.45. The van der Waals surface area contributed by atoms with Crippen LogP contribution in [-0.2, 0) is 24.0 Å². The molecule has 164 valence electrons. The lowest BCUT2D eigenvalue weighted by molar-refractivity contribution is -0.147. The van der Waals surface area contributed by atoms with Crippen molar-refractivity contribution in [3.05, 3.63) is 0 Å². The largest absolute Gasteiger partial charge is 0.481 e. The minimum absolute atomic E-state index is 0.0855. The third-order valence-corrected chi connectivity index (χ3v) is 4.45. The maximum absolute atomic E-state index is 12.8. The number of nitrogens with two attached hydrogens (primary N) is 1. The highest BCUT2D eigenvalue weighted by atomic mass is 16.4. The first-order valence-electron chi connectivity index (χ1n) is 8.89. The van der Waals surface area contributed by atoms with E-state index in [0.717, 1.165) is 4.90 Å². The van der Waals surface area contributed by atoms with E-state index in [4.69, 9.17) is 21.1 Å². The Balaban J connectivity index is 2.95. The van der Waals surface area contributed by atoms with Gasteiger partial charge in [-0.2, -0.15) is 0 Å². The maximum atomic E-state index is 12.8. The van der Waals surface area contributed by atoms with Crippen molar-refractivity contribution < 1.29 is 44.4 Å². The van der Waals surface area contributed by atoms with Crippen molar-refractivity contribution in [2.45, 2.75) is 56.5 Å². The highest BCUT2D eigenvalue weighted by molar-refractivity contribution is 5.96. The minimum Gasteiger partial charge on any atom is -0.481 e. The number of aliphatic hydroxyl groups excluding tert-OH is 2. The number of carbonyl (C=O) groups is 5. The number of likely N-dealkylation sites (tertiary alicyclic amines) is 1. The average Bonchev–Trinajstić information content (AvgIpc) is 3.13. The second kappa shape index (κ2) is 10.7. The third kappa shape index (κ3) is 6.66. The molecule has 13 nitrogen and oxygen atoms in total. The summed E-state index contributed by atoms with van der Waals surface area (Å²) in [6, 6.07) is -5.57. The van der Waals surface area contributed by atoms with Crippen molar-refractivity contribution in [1.29, 1.82) is 0 Å². The molecule has 0 aliphatic carbocycles. The van der Waals surface area contributed by atoms with Crippen LogP contribution in [0.25, 0.3) is 0 Å². The molecule has 13 heteroatoms. The van der Waals surface area contributed by atoms with Crippen molar-refractivity contribution in [2.24, 2.45) is 5.73 Å². The predicted octanol–water partition coefficient (Wildman–Crippen LogP) is -3.79. The Kier molecular flexibility index (Phi) is 8.94. The average molecular weight is 418 g/mol. The number of carboxylic acid groups (broad SMARTS) is 2. The van der Waals surface area contributed by atoms with E-state index in [1.165, 1.54) is 6.92 Å². The lowest BCUT2D eigenvalue weighted by Crippen LogP contribution is -2.58. The van der Waals surface area contributed by atoms with E-state index in [2.05, 4.69) is 10.6 Å². The number of aliphatic hydroxyl groups is 2. The lowest BCUT2D eigenvalue weighted by atomic mass is 10.1. The second-order valence-electron chi connectivity index (χ2n) is 6.70. The fourth-order valence-corrected chi connectivity index (χ4v) is 2.82. The minimum atomic E-state index is -1.56. The van der Waals surface area contributed by atoms with Crippen molar-refractivity contribution in [2.75, 3.05) is 13.2 Å². The molecule has 0 unspecified atom stereocenters. The van der Waals surface area contributed by atoms with Gasteiger partial charge in [0, 0.05) is 6.54 Å². The quantitative estimate of drug-likeness (QED) is 0.183. The Morgan fingerprint density at radius 1 is 1.14 bits per heavy atom. The standard InChI is InChI=1S/C16H26N4O9/c1-7(22)12(17)14(26)18-8(5-11(23)24)15(27)20-4-2-3-10(20)13(25)19-9(6-21)16(28)29/h7-10,12,21-22H,2-6,17H2,1H3,(H,18,26)(H,19,25)(H,23,24)(H,28,29)/t7-,8+,9+,10+,12+/m1/s1. The molecule has 0 bridgehead atoms. The van der Waals surface area contributed by atoms with Crippen molar-refractivity contribution in [3.8, 4) is 0 Å². The molecule has 1 aliphatic rings. The van der Waals surface area contributed by atoms with Crippen molar-refractivity contribution in [1.82, 2.24) is 15.5 Å². The summed E-state index contributed by atoms with van der Waals surface area (Å²) >= 11 is 0. The molecule has 0 spiro atoms. The number of nitrogens with one attached hydrogen (secondary N) is 2. The molecule has 1 aliphatic heterocycles. The summed E-state index contributed by atoms with van der Waals surface area (Å²) in [6.07, 6.45) is -1.44. The Morgan fingerprint density at radius 3 is 2.24 bits per heavy atom. The Bertz CT molecular complexity index is 654. The lowest BCUT2D eigenvalue weighted by Gasteiger charge is -2.29. The second-order valence-corrected chi connectivity index (χ2v) is 6.70. The molecule has 29 heavy (non-hydrogen) atoms. The summed E-state index contributed by atoms with van der Waals surface area (Å²) < 4.78 is 0. The summed E-state index contributed by atoms with van der Waals surface area (Å²) in [5, 5.41) is 40.7. The van der Waals surface area contributed by atoms with Gasteiger partial charge in [-0.15, -0.1) is 0 Å². The molecule has 8 N–H and O–H groups in total. The SMILES string of the molecule is C[C@@H](O)[C@H](N)C(=O)N[C@@H](CC(=O)O)C(=O)N1CCC[C@H]1C(=O)N[C@@H](CO)C(=O)O. The van der Waals surface area contributed by atoms with Crippen LogP contribution in [0.5, 0.6) is 0 Å². The van der Waals surface area contributed by atoms with Gasteiger partial charge >= 0.3 is 11.9 Å². The number of carbonyl (C=O) groups excluding carboxylic acids is 3. The van der Waals surface area contributed by atoms with E-state index < -0.39 is 73.0 Å². The van der Waals surface area contributed by atoms with Gasteiger partial charge in [-0.05, 0) is 19.8 Å². The van der Waals surface area contributed by atoms with Gasteiger partial charge in [-0.3, -0.25) is 19.2 Å². The van der Waals surface area contributed by atoms with Gasteiger partial charge in [0.05, 0.1) is 19.1 Å². The van der Waals surface area contributed by atoms with Crippen LogP contribution in [0, 0.1) is 0 Å². The van der Waals surface area contributed by atoms with Crippen LogP contribution >= 0.6 is 0 Å². The van der Waals surface area contributed by atoms with Gasteiger partial charge in [0.25, 0.3) is 0 Å². The van der Waals surface area contributed by atoms with Crippen molar-refractivity contribution >= 4 is 29.7 Å². The molecule has 0 aromatic heterocycles. The van der Waals surface area contributed by atoms with Crippen LogP contribution in [0.2, 0.25) is 0 Å². The van der Waals surface area contributed by atoms with Crippen LogP contribution in [0.15, 0.2) is 0 Å². The first-order chi connectivity index (χ1) is 13.5. The first kappa shape index (κ1) is 24.3. The number of hydrogen-bond acceptors (Lipinski definition) is 8. The topological polar surface area (TPSA) is 220 Å². The van der Waals surface area contributed by atoms with E-state index in [1.54, 1.807) is 0 Å². The van der Waals surface area contributed by atoms with Crippen LogP contribution in [-0.4, -0.2) is 98.4 Å². The zero-order chi connectivity index (χ0) is 22.3. The molecule has 1 saturated heterocycles. The number of hydrogen-bond donors (Lipinski definition) is 7. The van der Waals surface area contributed by atoms with Crippen LogP contribution in [0.4, 0.5) is 0 Å². The zero-order valence-electron chi connectivity index (χ0n) is 15.8. The monoisotopic (exact) mass is 418 g/mol. The molecule has 0 saturated carbocycles. The molecular weight excluding hydrogens is 392 g/mol. The van der Waals surface area contributed by atoms with E-state index in [9.17, 15) is 29.1 Å². The molecule has 1 fully saturated rings. The van der Waals surface area contributed by atoms with Crippen LogP contribution in [0.1, 0.15) is 26.2 Å². The molecule has 3 amide bonds. The molecular formula is C16H26N4O9. The van der Waals surface area contributed by atoms with Gasteiger partial charge in [0.2, 0.25) is 17.7 Å². The number of rotatable bonds is 10. The predicted molar refractivity (Wildman–Crippen MR) is 95.2 cm³/mol. The maximum Gasteiger partial charge on any atom is 0.328 e. The van der Waals surface area contributed by atoms with Gasteiger partial charge in [0.15, 0.2) is 0 Å². The smallest absolute Gasteiger partial charge is 0.328 e. The number of aliphatic carboxylic acids is 2. The molecule has 1 heterocycles. The van der Waals surface area contributed by atoms with Crippen molar-refractivity contribution in [3.63, 3.8) is 0 Å². The molecule has 0 aromatic rings. The Labute approximate surface area is 165 Å². The van der Waals surface area contributed by atoms with Gasteiger partial charge in [-0.25, -0.2) is 4.79 Å². The van der Waals surface area contributed by atoms with Gasteiger partial charge < -0.3 is 41.7 Å². The van der Waals surface area contributed by atoms with E-state index in [-0.39, 0.29) is 13.0 Å². The Hall–Kier alpha value is -2.77. The summed E-state index contributed by atoms with van der Waals surface area (Å²) in [5.41, 5.74) is 5.49. The first-order valence-corrected chi connectivity index (χ1v) is 8.89. The number of nitrogens with zero attached hydrogens (tertiary/aromatic N) is 1. The fourth-order valence-electron chi connectivity index (χ4n) is 2.82. The highest BCUT2D eigenvalue weighted by Gasteiger charge is 2.39. The van der Waals surface area contributed by atoms with Crippen LogP contribution in [0.3, 0.4) is 0 Å². The van der Waals surface area contributed by atoms with Gasteiger partial charge in [0.1, 0.15) is 24.2 Å². The normalized spacial score (nSPS) is 20.3. The Morgan fingerprint density at radius 2 is 1.76 bits per heavy atom. The van der Waals surface area contributed by atoms with E-state index >= 15 is 0 Å². The fraction of sp³-hybridized carbons (Fsp3) is 0.688. The van der Waals surface area contributed by atoms with E-state index in [0.29, 0.717) is 6.42 Å². The highest BCUT2D eigenvalue weighted by Crippen LogP contribution is 2.19.